The van der Waals surface area contributed by atoms with Gasteiger partial charge in [-0.15, -0.1) is 0 Å². The summed E-state index contributed by atoms with van der Waals surface area (Å²) in [5.74, 6) is -1.88. The molecule has 0 N–H and O–H groups in total. The number of amides is 1. The molecule has 0 radical (unpaired) electrons. The van der Waals surface area contributed by atoms with Gasteiger partial charge in [0, 0.05) is 24.8 Å². The van der Waals surface area contributed by atoms with Crippen LogP contribution in [0.2, 0.25) is 0 Å². The number of halogens is 3. The number of nitrogens with zero attached hydrogens (tertiary/aromatic N) is 3. The average molecular weight is 413 g/mol. The highest BCUT2D eigenvalue weighted by Crippen LogP contribution is 2.34. The number of carbonyl (C=O) groups is 1. The van der Waals surface area contributed by atoms with Crippen LogP contribution in [0.15, 0.2) is 66.9 Å². The van der Waals surface area contributed by atoms with Crippen molar-refractivity contribution in [3.63, 3.8) is 0 Å². The first-order valence-corrected chi connectivity index (χ1v) is 9.94. The van der Waals surface area contributed by atoms with E-state index in [2.05, 4.69) is 5.10 Å². The SMILES string of the molecule is O=C(c1cn(Cc2ccccc2)nc1-c1ccccc1)N1CCCC(C(F)(F)F)C1. The third-order valence-corrected chi connectivity index (χ3v) is 5.40. The van der Waals surface area contributed by atoms with E-state index >= 15 is 0 Å². The molecule has 7 heteroatoms. The van der Waals surface area contributed by atoms with Gasteiger partial charge in [-0.3, -0.25) is 9.48 Å². The van der Waals surface area contributed by atoms with Crippen LogP contribution in [0.1, 0.15) is 28.8 Å². The van der Waals surface area contributed by atoms with Crippen LogP contribution >= 0.6 is 0 Å². The van der Waals surface area contributed by atoms with E-state index in [1.54, 1.807) is 10.9 Å². The smallest absolute Gasteiger partial charge is 0.338 e. The number of carbonyl (C=O) groups excluding carboxylic acids is 1. The van der Waals surface area contributed by atoms with Crippen LogP contribution < -0.4 is 0 Å². The molecule has 0 bridgehead atoms. The first-order chi connectivity index (χ1) is 14.4. The van der Waals surface area contributed by atoms with Crippen LogP contribution in [-0.4, -0.2) is 39.9 Å². The number of alkyl halides is 3. The molecular weight excluding hydrogens is 391 g/mol. The lowest BCUT2D eigenvalue weighted by Gasteiger charge is -2.33. The molecule has 1 aromatic heterocycles. The summed E-state index contributed by atoms with van der Waals surface area (Å²) < 4.78 is 41.3. The van der Waals surface area contributed by atoms with Gasteiger partial charge in [0.25, 0.3) is 5.91 Å². The minimum atomic E-state index is -4.29. The number of hydrogen-bond acceptors (Lipinski definition) is 2. The Kier molecular flexibility index (Phi) is 5.61. The minimum absolute atomic E-state index is 0.0616. The molecule has 156 valence electrons. The number of likely N-dealkylation sites (tertiary alicyclic amines) is 1. The van der Waals surface area contributed by atoms with Gasteiger partial charge in [-0.2, -0.15) is 18.3 Å². The fraction of sp³-hybridized carbons (Fsp3) is 0.304. The third-order valence-electron chi connectivity index (χ3n) is 5.40. The summed E-state index contributed by atoms with van der Waals surface area (Å²) in [6.07, 6.45) is -2.24. The van der Waals surface area contributed by atoms with E-state index in [9.17, 15) is 18.0 Å². The normalized spacial score (nSPS) is 17.2. The lowest BCUT2D eigenvalue weighted by atomic mass is 9.96. The van der Waals surface area contributed by atoms with Crippen molar-refractivity contribution in [3.05, 3.63) is 78.0 Å². The summed E-state index contributed by atoms with van der Waals surface area (Å²) in [6.45, 7) is 0.489. The highest BCUT2D eigenvalue weighted by molar-refractivity contribution is 5.99. The van der Waals surface area contributed by atoms with E-state index in [4.69, 9.17) is 0 Å². The molecule has 0 spiro atoms. The molecule has 4 nitrogen and oxygen atoms in total. The van der Waals surface area contributed by atoms with Crippen molar-refractivity contribution in [1.82, 2.24) is 14.7 Å². The summed E-state index contributed by atoms with van der Waals surface area (Å²) in [7, 11) is 0. The summed E-state index contributed by atoms with van der Waals surface area (Å²) in [5.41, 5.74) is 2.61. The van der Waals surface area contributed by atoms with E-state index in [1.807, 2.05) is 60.7 Å². The van der Waals surface area contributed by atoms with Gasteiger partial charge in [-0.05, 0) is 18.4 Å². The lowest BCUT2D eigenvalue weighted by Crippen LogP contribution is -2.44. The van der Waals surface area contributed by atoms with Gasteiger partial charge in [0.2, 0.25) is 0 Å². The summed E-state index contributed by atoms with van der Waals surface area (Å²) in [4.78, 5) is 14.6. The van der Waals surface area contributed by atoms with Crippen molar-refractivity contribution in [1.29, 1.82) is 0 Å². The van der Waals surface area contributed by atoms with Gasteiger partial charge in [0.15, 0.2) is 0 Å². The number of aromatic nitrogens is 2. The standard InChI is InChI=1S/C23H22F3N3O/c24-23(25,26)19-12-7-13-28(15-19)22(30)20-16-29(14-17-8-3-1-4-9-17)27-21(20)18-10-5-2-6-11-18/h1-6,8-11,16,19H,7,12-15H2. The molecule has 3 aromatic rings. The van der Waals surface area contributed by atoms with Gasteiger partial charge >= 0.3 is 6.18 Å². The van der Waals surface area contributed by atoms with Gasteiger partial charge in [0.1, 0.15) is 5.69 Å². The van der Waals surface area contributed by atoms with Crippen LogP contribution in [0.5, 0.6) is 0 Å². The third kappa shape index (κ3) is 4.40. The van der Waals surface area contributed by atoms with E-state index in [-0.39, 0.29) is 13.0 Å². The molecule has 30 heavy (non-hydrogen) atoms. The predicted molar refractivity (Wildman–Crippen MR) is 108 cm³/mol. The Hall–Kier alpha value is -3.09. The molecule has 1 fully saturated rings. The molecule has 1 amide bonds. The fourth-order valence-corrected chi connectivity index (χ4v) is 3.84. The first-order valence-electron chi connectivity index (χ1n) is 9.94. The second-order valence-corrected chi connectivity index (χ2v) is 7.57. The summed E-state index contributed by atoms with van der Waals surface area (Å²) >= 11 is 0. The molecule has 1 atom stereocenters. The molecule has 0 aliphatic carbocycles. The highest BCUT2D eigenvalue weighted by Gasteiger charge is 2.43. The van der Waals surface area contributed by atoms with Crippen molar-refractivity contribution in [2.75, 3.05) is 13.1 Å². The second-order valence-electron chi connectivity index (χ2n) is 7.57. The molecule has 1 aliphatic rings. The molecule has 2 aromatic carbocycles. The molecule has 2 heterocycles. The number of rotatable bonds is 4. The quantitative estimate of drug-likeness (QED) is 0.603. The van der Waals surface area contributed by atoms with Gasteiger partial charge in [-0.25, -0.2) is 0 Å². The molecule has 1 saturated heterocycles. The van der Waals surface area contributed by atoms with Crippen LogP contribution in [0, 0.1) is 5.92 Å². The largest absolute Gasteiger partial charge is 0.393 e. The zero-order valence-electron chi connectivity index (χ0n) is 16.3. The van der Waals surface area contributed by atoms with Gasteiger partial charge < -0.3 is 4.90 Å². The Balaban J connectivity index is 1.66. The molecule has 1 aliphatic heterocycles. The van der Waals surface area contributed by atoms with Crippen molar-refractivity contribution in [2.45, 2.75) is 25.6 Å². The molecule has 4 rings (SSSR count). The Labute approximate surface area is 172 Å². The van der Waals surface area contributed by atoms with Crippen LogP contribution in [0.25, 0.3) is 11.3 Å². The van der Waals surface area contributed by atoms with E-state index < -0.39 is 18.0 Å². The fourth-order valence-electron chi connectivity index (χ4n) is 3.84. The lowest BCUT2D eigenvalue weighted by molar-refractivity contribution is -0.184. The van der Waals surface area contributed by atoms with Crippen LogP contribution in [0.4, 0.5) is 13.2 Å². The summed E-state index contributed by atoms with van der Waals surface area (Å²) in [5, 5.41) is 4.61. The van der Waals surface area contributed by atoms with Crippen molar-refractivity contribution < 1.29 is 18.0 Å². The van der Waals surface area contributed by atoms with E-state index in [1.165, 1.54) is 4.90 Å². The topological polar surface area (TPSA) is 38.1 Å². The number of piperidine rings is 1. The van der Waals surface area contributed by atoms with E-state index in [0.717, 1.165) is 11.1 Å². The zero-order chi connectivity index (χ0) is 21.1. The molecule has 0 saturated carbocycles. The minimum Gasteiger partial charge on any atom is -0.338 e. The maximum atomic E-state index is 13.2. The Morgan fingerprint density at radius 2 is 1.70 bits per heavy atom. The predicted octanol–water partition coefficient (Wildman–Crippen LogP) is 5.01. The van der Waals surface area contributed by atoms with Gasteiger partial charge in [-0.1, -0.05) is 60.7 Å². The Morgan fingerprint density at radius 3 is 2.37 bits per heavy atom. The average Bonchev–Trinajstić information content (AvgIpc) is 3.18. The van der Waals surface area contributed by atoms with Crippen molar-refractivity contribution >= 4 is 5.91 Å². The maximum absolute atomic E-state index is 13.2. The number of hydrogen-bond donors (Lipinski definition) is 0. The molecule has 1 unspecified atom stereocenters. The van der Waals surface area contributed by atoms with Crippen LogP contribution in [-0.2, 0) is 6.54 Å². The first kappa shape index (κ1) is 20.2. The van der Waals surface area contributed by atoms with E-state index in [0.29, 0.717) is 30.8 Å². The molecular formula is C23H22F3N3O. The number of benzene rings is 2. The van der Waals surface area contributed by atoms with Crippen molar-refractivity contribution in [2.24, 2.45) is 5.92 Å². The van der Waals surface area contributed by atoms with Crippen LogP contribution in [0.3, 0.4) is 0 Å². The zero-order valence-corrected chi connectivity index (χ0v) is 16.3. The highest BCUT2D eigenvalue weighted by atomic mass is 19.4. The second kappa shape index (κ2) is 8.34. The summed E-state index contributed by atoms with van der Waals surface area (Å²) in [6, 6.07) is 19.0. The Morgan fingerprint density at radius 1 is 1.03 bits per heavy atom. The monoisotopic (exact) mass is 413 g/mol. The van der Waals surface area contributed by atoms with Crippen molar-refractivity contribution in [3.8, 4) is 11.3 Å². The maximum Gasteiger partial charge on any atom is 0.393 e. The Bertz CT molecular complexity index is 1000. The van der Waals surface area contributed by atoms with Gasteiger partial charge in [0.05, 0.1) is 18.0 Å².